The Kier molecular flexibility index (Phi) is 6.18. The van der Waals surface area contributed by atoms with E-state index in [1.807, 2.05) is 23.1 Å². The lowest BCUT2D eigenvalue weighted by Crippen LogP contribution is -2.62. The van der Waals surface area contributed by atoms with Crippen LogP contribution in [0, 0.1) is 11.8 Å². The van der Waals surface area contributed by atoms with Crippen LogP contribution < -0.4 is 14.8 Å². The molecule has 2 amide bonds. The normalized spacial score (nSPS) is 29.1. The molecular weight excluding hydrogens is 366 g/mol. The lowest BCUT2D eigenvalue weighted by atomic mass is 9.74. The molecule has 4 rings (SSSR count). The van der Waals surface area contributed by atoms with Gasteiger partial charge >= 0.3 is 6.03 Å². The van der Waals surface area contributed by atoms with Crippen LogP contribution in [-0.4, -0.2) is 61.8 Å². The molecule has 1 aromatic rings. The van der Waals surface area contributed by atoms with Crippen molar-refractivity contribution in [1.29, 1.82) is 0 Å². The van der Waals surface area contributed by atoms with Crippen LogP contribution in [0.2, 0.25) is 0 Å². The number of hydrogen-bond donors (Lipinski definition) is 1. The van der Waals surface area contributed by atoms with Crippen molar-refractivity contribution in [2.75, 3.05) is 39.2 Å². The second kappa shape index (κ2) is 8.82. The number of carbonyl (C=O) groups is 1. The Labute approximate surface area is 174 Å². The Bertz CT molecular complexity index is 723. The summed E-state index contributed by atoms with van der Waals surface area (Å²) in [4.78, 5) is 17.9. The van der Waals surface area contributed by atoms with Crippen molar-refractivity contribution in [3.05, 3.63) is 18.2 Å². The molecule has 4 atom stereocenters. The number of fused-ring (bicyclic) bond motifs is 4. The summed E-state index contributed by atoms with van der Waals surface area (Å²) in [6.45, 7) is 5.19. The van der Waals surface area contributed by atoms with E-state index in [2.05, 4.69) is 17.1 Å². The summed E-state index contributed by atoms with van der Waals surface area (Å²) in [5, 5.41) is 3.07. The first-order valence-electron chi connectivity index (χ1n) is 11.2. The van der Waals surface area contributed by atoms with E-state index in [1.54, 1.807) is 14.2 Å². The van der Waals surface area contributed by atoms with Crippen molar-refractivity contribution in [1.82, 2.24) is 9.80 Å². The van der Waals surface area contributed by atoms with Crippen LogP contribution in [0.3, 0.4) is 0 Å². The van der Waals surface area contributed by atoms with Crippen molar-refractivity contribution in [3.63, 3.8) is 0 Å². The number of nitrogens with one attached hydrogen (secondary N) is 1. The molecule has 2 bridgehead atoms. The van der Waals surface area contributed by atoms with Gasteiger partial charge in [-0.05, 0) is 49.7 Å². The molecule has 3 saturated heterocycles. The Morgan fingerprint density at radius 2 is 1.97 bits per heavy atom. The van der Waals surface area contributed by atoms with Gasteiger partial charge in [0.05, 0.1) is 14.2 Å². The Balaban J connectivity index is 1.42. The molecule has 3 fully saturated rings. The van der Waals surface area contributed by atoms with Crippen molar-refractivity contribution >= 4 is 11.7 Å². The zero-order valence-corrected chi connectivity index (χ0v) is 18.0. The first-order valence-corrected chi connectivity index (χ1v) is 11.2. The van der Waals surface area contributed by atoms with E-state index < -0.39 is 0 Å². The van der Waals surface area contributed by atoms with Crippen LogP contribution in [0.25, 0.3) is 0 Å². The number of benzene rings is 1. The van der Waals surface area contributed by atoms with Crippen molar-refractivity contribution < 1.29 is 14.3 Å². The minimum Gasteiger partial charge on any atom is -0.493 e. The third kappa shape index (κ3) is 4.18. The van der Waals surface area contributed by atoms with Crippen LogP contribution in [0.1, 0.15) is 45.4 Å². The van der Waals surface area contributed by atoms with E-state index in [9.17, 15) is 4.79 Å². The van der Waals surface area contributed by atoms with Gasteiger partial charge in [-0.25, -0.2) is 4.79 Å². The quantitative estimate of drug-likeness (QED) is 0.803. The van der Waals surface area contributed by atoms with E-state index in [0.29, 0.717) is 29.4 Å². The van der Waals surface area contributed by atoms with E-state index in [1.165, 1.54) is 38.5 Å². The first-order chi connectivity index (χ1) is 14.1. The third-order valence-electron chi connectivity index (χ3n) is 7.06. The number of hydrogen-bond acceptors (Lipinski definition) is 4. The van der Waals surface area contributed by atoms with E-state index in [0.717, 1.165) is 31.4 Å². The maximum absolute atomic E-state index is 13.0. The highest BCUT2D eigenvalue weighted by Crippen LogP contribution is 2.40. The third-order valence-corrected chi connectivity index (χ3v) is 7.06. The summed E-state index contributed by atoms with van der Waals surface area (Å²) in [7, 11) is 3.22. The standard InChI is InChI=1S/C23H35N3O3/c1-4-6-19-7-5-8-20-17-11-16(14-26(19)20)13-25(15-17)23(27)24-18-9-10-21(28-2)22(12-18)29-3/h9-10,12,16-17,19-20H,4-8,11,13-15H2,1-3H3,(H,24,27)/t16-,17+,19-,20-/m0/s1. The summed E-state index contributed by atoms with van der Waals surface area (Å²) < 4.78 is 10.6. The topological polar surface area (TPSA) is 54.0 Å². The second-order valence-electron chi connectivity index (χ2n) is 8.90. The highest BCUT2D eigenvalue weighted by Gasteiger charge is 2.45. The molecule has 6 nitrogen and oxygen atoms in total. The van der Waals surface area contributed by atoms with Crippen molar-refractivity contribution in [2.24, 2.45) is 11.8 Å². The van der Waals surface area contributed by atoms with Gasteiger partial charge < -0.3 is 19.7 Å². The number of piperidine rings is 3. The highest BCUT2D eigenvalue weighted by molar-refractivity contribution is 5.89. The minimum absolute atomic E-state index is 0.00119. The number of amides is 2. The Morgan fingerprint density at radius 1 is 1.14 bits per heavy atom. The van der Waals surface area contributed by atoms with Gasteiger partial charge in [0.1, 0.15) is 0 Å². The average molecular weight is 402 g/mol. The van der Waals surface area contributed by atoms with Gasteiger partial charge in [-0.15, -0.1) is 0 Å². The smallest absolute Gasteiger partial charge is 0.321 e. The second-order valence-corrected chi connectivity index (χ2v) is 8.90. The Hall–Kier alpha value is -1.95. The molecule has 29 heavy (non-hydrogen) atoms. The lowest BCUT2D eigenvalue weighted by Gasteiger charge is -2.55. The summed E-state index contributed by atoms with van der Waals surface area (Å²) in [5.41, 5.74) is 0.741. The van der Waals surface area contributed by atoms with E-state index in [-0.39, 0.29) is 6.03 Å². The van der Waals surface area contributed by atoms with Crippen LogP contribution in [0.15, 0.2) is 18.2 Å². The maximum Gasteiger partial charge on any atom is 0.321 e. The fourth-order valence-corrected chi connectivity index (χ4v) is 5.84. The van der Waals surface area contributed by atoms with Crippen LogP contribution in [0.4, 0.5) is 10.5 Å². The molecule has 0 aromatic heterocycles. The monoisotopic (exact) mass is 401 g/mol. The molecule has 0 saturated carbocycles. The van der Waals surface area contributed by atoms with E-state index >= 15 is 0 Å². The molecular formula is C23H35N3O3. The zero-order valence-electron chi connectivity index (χ0n) is 18.0. The number of ether oxygens (including phenoxy) is 2. The summed E-state index contributed by atoms with van der Waals surface area (Å²) in [5.74, 6) is 2.49. The number of anilines is 1. The lowest BCUT2D eigenvalue weighted by molar-refractivity contribution is -0.0481. The highest BCUT2D eigenvalue weighted by atomic mass is 16.5. The number of carbonyl (C=O) groups excluding carboxylic acids is 1. The summed E-state index contributed by atoms with van der Waals surface area (Å²) in [6.07, 6.45) is 7.85. The maximum atomic E-state index is 13.0. The van der Waals surface area contributed by atoms with Gasteiger partial charge in [-0.3, -0.25) is 4.90 Å². The molecule has 3 aliphatic heterocycles. The molecule has 3 aliphatic rings. The predicted octanol–water partition coefficient (Wildman–Crippen LogP) is 4.21. The van der Waals surface area contributed by atoms with Crippen molar-refractivity contribution in [3.8, 4) is 11.5 Å². The molecule has 0 aliphatic carbocycles. The summed E-state index contributed by atoms with van der Waals surface area (Å²) in [6, 6.07) is 6.93. The van der Waals surface area contributed by atoms with Gasteiger partial charge in [0.25, 0.3) is 0 Å². The SMILES string of the molecule is CCC[C@H]1CCC[C@H]2[C@@H]3C[C@@H](CN(C(=O)Nc4ccc(OC)c(OC)c4)C3)CN12. The minimum atomic E-state index is 0.00119. The molecule has 0 unspecified atom stereocenters. The van der Waals surface area contributed by atoms with Gasteiger partial charge in [-0.2, -0.15) is 0 Å². The van der Waals surface area contributed by atoms with Crippen LogP contribution in [0.5, 0.6) is 11.5 Å². The van der Waals surface area contributed by atoms with Gasteiger partial charge in [-0.1, -0.05) is 19.8 Å². The zero-order chi connectivity index (χ0) is 20.4. The van der Waals surface area contributed by atoms with E-state index in [4.69, 9.17) is 9.47 Å². The van der Waals surface area contributed by atoms with Crippen molar-refractivity contribution in [2.45, 2.75) is 57.5 Å². The van der Waals surface area contributed by atoms with Gasteiger partial charge in [0.15, 0.2) is 11.5 Å². The van der Waals surface area contributed by atoms with Gasteiger partial charge in [0, 0.05) is 43.5 Å². The average Bonchev–Trinajstić information content (AvgIpc) is 2.74. The molecule has 160 valence electrons. The fraction of sp³-hybridized carbons (Fsp3) is 0.696. The molecule has 0 radical (unpaired) electrons. The van der Waals surface area contributed by atoms with Gasteiger partial charge in [0.2, 0.25) is 0 Å². The molecule has 1 N–H and O–H groups in total. The Morgan fingerprint density at radius 3 is 2.72 bits per heavy atom. The fourth-order valence-electron chi connectivity index (χ4n) is 5.84. The van der Waals surface area contributed by atoms with Crippen LogP contribution >= 0.6 is 0 Å². The summed E-state index contributed by atoms with van der Waals surface area (Å²) >= 11 is 0. The molecule has 3 heterocycles. The number of rotatable bonds is 5. The molecule has 1 aromatic carbocycles. The number of nitrogens with zero attached hydrogens (tertiary/aromatic N) is 2. The predicted molar refractivity (Wildman–Crippen MR) is 115 cm³/mol. The number of likely N-dealkylation sites (tertiary alicyclic amines) is 1. The first kappa shape index (κ1) is 20.3. The number of methoxy groups -OCH3 is 2. The van der Waals surface area contributed by atoms with Crippen LogP contribution in [-0.2, 0) is 0 Å². The number of urea groups is 1. The molecule has 6 heteroatoms. The largest absolute Gasteiger partial charge is 0.493 e. The molecule has 0 spiro atoms.